The number of hydrogen-bond acceptors (Lipinski definition) is 6. The van der Waals surface area contributed by atoms with Crippen LogP contribution in [-0.2, 0) is 23.9 Å². The van der Waals surface area contributed by atoms with E-state index in [1.54, 1.807) is 11.0 Å². The van der Waals surface area contributed by atoms with Gasteiger partial charge in [0.2, 0.25) is 11.8 Å². The number of nitrogens with zero attached hydrogens (tertiary/aromatic N) is 2. The first-order valence-electron chi connectivity index (χ1n) is 13.5. The lowest BCUT2D eigenvalue weighted by Gasteiger charge is -2.37. The Hall–Kier alpha value is -2.19. The van der Waals surface area contributed by atoms with Gasteiger partial charge in [0.05, 0.1) is 24.7 Å². The van der Waals surface area contributed by atoms with E-state index in [9.17, 15) is 19.5 Å². The summed E-state index contributed by atoms with van der Waals surface area (Å²) in [5.74, 6) is -2.59. The summed E-state index contributed by atoms with van der Waals surface area (Å²) in [7, 11) is 0. The zero-order valence-corrected chi connectivity index (χ0v) is 22.2. The molecule has 0 radical (unpaired) electrons. The lowest BCUT2D eigenvalue weighted by atomic mass is 9.62. The number of allylic oxidation sites excluding steroid dienone is 1. The van der Waals surface area contributed by atoms with E-state index < -0.39 is 35.0 Å². The van der Waals surface area contributed by atoms with Crippen LogP contribution in [0.3, 0.4) is 0 Å². The Morgan fingerprint density at radius 3 is 2.64 bits per heavy atom. The fourth-order valence-electron chi connectivity index (χ4n) is 6.55. The van der Waals surface area contributed by atoms with Crippen LogP contribution in [0.25, 0.3) is 0 Å². The third-order valence-electron chi connectivity index (χ3n) is 8.38. The van der Waals surface area contributed by atoms with Crippen LogP contribution in [0.2, 0.25) is 0 Å². The number of aliphatic hydroxyl groups excluding tert-OH is 1. The summed E-state index contributed by atoms with van der Waals surface area (Å²) >= 11 is 0. The summed E-state index contributed by atoms with van der Waals surface area (Å²) in [6.45, 7) is 14.5. The van der Waals surface area contributed by atoms with Gasteiger partial charge in [0, 0.05) is 19.6 Å². The van der Waals surface area contributed by atoms with Crippen LogP contribution in [0.4, 0.5) is 0 Å². The Labute approximate surface area is 215 Å². The van der Waals surface area contributed by atoms with Crippen LogP contribution in [0.1, 0.15) is 65.7 Å². The zero-order chi connectivity index (χ0) is 26.5. The number of rotatable bonds is 15. The van der Waals surface area contributed by atoms with Gasteiger partial charge in [-0.05, 0) is 44.9 Å². The van der Waals surface area contributed by atoms with Crippen molar-refractivity contribution in [2.75, 3.05) is 32.8 Å². The molecular formula is C28H44N2O6. The number of carbonyl (C=O) groups excluding carboxylic acids is 3. The molecule has 3 fully saturated rings. The summed E-state index contributed by atoms with van der Waals surface area (Å²) in [6.07, 6.45) is 9.32. The van der Waals surface area contributed by atoms with Gasteiger partial charge in [-0.15, -0.1) is 13.2 Å². The molecule has 6 atom stereocenters. The quantitative estimate of drug-likeness (QED) is 0.209. The van der Waals surface area contributed by atoms with E-state index in [1.807, 2.05) is 19.9 Å². The molecule has 8 heteroatoms. The van der Waals surface area contributed by atoms with Gasteiger partial charge in [0.15, 0.2) is 0 Å². The van der Waals surface area contributed by atoms with E-state index in [0.29, 0.717) is 25.9 Å². The average Bonchev–Trinajstić information content (AvgIpc) is 3.35. The summed E-state index contributed by atoms with van der Waals surface area (Å²) in [5, 5.41) is 9.78. The summed E-state index contributed by atoms with van der Waals surface area (Å²) in [4.78, 5) is 44.5. The standard InChI is InChI=1S/C28H44N2O6/c1-6-9-11-13-18-35-26(34)22-21-24(32)30(16-17-31)23(28(21)19-20(4)27(22,5)36-28)25(33)29(14-8-3)15-12-10-7-2/h6,8,20-23,31H,1,3,7,9-19H2,2,4-5H3/t20?,21-,22+,23?,27-,28?/m0/s1. The number of fused-ring (bicyclic) bond motifs is 1. The zero-order valence-electron chi connectivity index (χ0n) is 22.2. The van der Waals surface area contributed by atoms with Gasteiger partial charge in [-0.25, -0.2) is 0 Å². The number of aliphatic hydroxyl groups is 1. The Bertz CT molecular complexity index is 846. The lowest BCUT2D eigenvalue weighted by Crippen LogP contribution is -2.57. The maximum absolute atomic E-state index is 14.0. The second kappa shape index (κ2) is 11.9. The highest BCUT2D eigenvalue weighted by molar-refractivity contribution is 5.98. The van der Waals surface area contributed by atoms with Crippen molar-refractivity contribution < 1.29 is 29.0 Å². The molecule has 0 aromatic carbocycles. The van der Waals surface area contributed by atoms with Crippen molar-refractivity contribution in [3.05, 3.63) is 25.3 Å². The highest BCUT2D eigenvalue weighted by atomic mass is 16.6. The normalized spacial score (nSPS) is 32.4. The Morgan fingerprint density at radius 2 is 2.00 bits per heavy atom. The number of esters is 1. The van der Waals surface area contributed by atoms with Crippen molar-refractivity contribution in [3.8, 4) is 0 Å². The van der Waals surface area contributed by atoms with Crippen LogP contribution in [0.15, 0.2) is 25.3 Å². The molecule has 3 aliphatic heterocycles. The number of unbranched alkanes of at least 4 members (excludes halogenated alkanes) is 4. The van der Waals surface area contributed by atoms with Crippen molar-refractivity contribution in [3.63, 3.8) is 0 Å². The minimum absolute atomic E-state index is 0.0160. The molecule has 0 aromatic heterocycles. The van der Waals surface area contributed by atoms with E-state index in [1.165, 1.54) is 4.90 Å². The third-order valence-corrected chi connectivity index (χ3v) is 8.38. The molecule has 36 heavy (non-hydrogen) atoms. The molecule has 3 saturated heterocycles. The molecule has 0 saturated carbocycles. The van der Waals surface area contributed by atoms with Gasteiger partial charge in [-0.3, -0.25) is 14.4 Å². The highest BCUT2D eigenvalue weighted by Crippen LogP contribution is 2.65. The smallest absolute Gasteiger partial charge is 0.312 e. The van der Waals surface area contributed by atoms with Crippen LogP contribution < -0.4 is 0 Å². The molecule has 3 aliphatic rings. The van der Waals surface area contributed by atoms with Crippen molar-refractivity contribution >= 4 is 17.8 Å². The highest BCUT2D eigenvalue weighted by Gasteiger charge is 2.80. The minimum Gasteiger partial charge on any atom is -0.465 e. The average molecular weight is 505 g/mol. The first kappa shape index (κ1) is 28.4. The van der Waals surface area contributed by atoms with Crippen molar-refractivity contribution in [1.82, 2.24) is 9.80 Å². The molecular weight excluding hydrogens is 460 g/mol. The first-order valence-corrected chi connectivity index (χ1v) is 13.5. The lowest BCUT2D eigenvalue weighted by molar-refractivity contribution is -0.162. The fraction of sp³-hybridized carbons (Fsp3) is 0.750. The van der Waals surface area contributed by atoms with Gasteiger partial charge in [0.1, 0.15) is 17.6 Å². The maximum atomic E-state index is 14.0. The molecule has 0 aromatic rings. The van der Waals surface area contributed by atoms with Crippen molar-refractivity contribution in [2.45, 2.75) is 83.0 Å². The number of carbonyl (C=O) groups is 3. The van der Waals surface area contributed by atoms with E-state index in [-0.39, 0.29) is 37.5 Å². The SMILES string of the molecule is C=CCCCCOC(=O)[C@H]1[C@H]2C(=O)N(CCO)C(C(=O)N(CC=C)CCCCC)C23CC(C)[C@]1(C)O3. The number of amides is 2. The number of ether oxygens (including phenoxy) is 2. The monoisotopic (exact) mass is 504 g/mol. The minimum atomic E-state index is -1.12. The van der Waals surface area contributed by atoms with E-state index in [4.69, 9.17) is 9.47 Å². The number of likely N-dealkylation sites (tertiary alicyclic amines) is 1. The van der Waals surface area contributed by atoms with Crippen LogP contribution in [0.5, 0.6) is 0 Å². The maximum Gasteiger partial charge on any atom is 0.312 e. The van der Waals surface area contributed by atoms with Crippen molar-refractivity contribution in [1.29, 1.82) is 0 Å². The van der Waals surface area contributed by atoms with Gasteiger partial charge in [-0.2, -0.15) is 0 Å². The third kappa shape index (κ3) is 4.86. The van der Waals surface area contributed by atoms with Gasteiger partial charge in [0.25, 0.3) is 0 Å². The fourth-order valence-corrected chi connectivity index (χ4v) is 6.55. The topological polar surface area (TPSA) is 96.4 Å². The van der Waals surface area contributed by atoms with Crippen LogP contribution in [-0.4, -0.2) is 82.8 Å². The predicted molar refractivity (Wildman–Crippen MR) is 137 cm³/mol. The van der Waals surface area contributed by atoms with E-state index >= 15 is 0 Å². The Balaban J connectivity index is 1.93. The van der Waals surface area contributed by atoms with Gasteiger partial charge in [-0.1, -0.05) is 38.8 Å². The second-order valence-electron chi connectivity index (χ2n) is 10.7. The van der Waals surface area contributed by atoms with Gasteiger partial charge < -0.3 is 24.4 Å². The molecule has 1 N–H and O–H groups in total. The largest absolute Gasteiger partial charge is 0.465 e. The summed E-state index contributed by atoms with van der Waals surface area (Å²) in [6, 6.07) is -0.890. The second-order valence-corrected chi connectivity index (χ2v) is 10.7. The molecule has 3 heterocycles. The molecule has 1 spiro atoms. The Kier molecular flexibility index (Phi) is 9.39. The number of β-amino-alcohol motifs (C(OH)–C–C–N with tert-alkyl or cyclic N) is 1. The molecule has 8 nitrogen and oxygen atoms in total. The van der Waals surface area contributed by atoms with E-state index in [2.05, 4.69) is 20.1 Å². The summed E-state index contributed by atoms with van der Waals surface area (Å²) < 4.78 is 12.3. The molecule has 3 unspecified atom stereocenters. The van der Waals surface area contributed by atoms with Crippen molar-refractivity contribution in [2.24, 2.45) is 17.8 Å². The molecule has 2 amide bonds. The molecule has 2 bridgehead atoms. The molecule has 3 rings (SSSR count). The first-order chi connectivity index (χ1) is 17.2. The Morgan fingerprint density at radius 1 is 1.25 bits per heavy atom. The van der Waals surface area contributed by atoms with Gasteiger partial charge >= 0.3 is 5.97 Å². The number of hydrogen-bond donors (Lipinski definition) is 1. The predicted octanol–water partition coefficient (Wildman–Crippen LogP) is 3.09. The van der Waals surface area contributed by atoms with Crippen LogP contribution >= 0.6 is 0 Å². The molecule has 202 valence electrons. The summed E-state index contributed by atoms with van der Waals surface area (Å²) in [5.41, 5.74) is -2.01. The molecule has 0 aliphatic carbocycles. The van der Waals surface area contributed by atoms with Crippen LogP contribution in [0, 0.1) is 17.8 Å². The van der Waals surface area contributed by atoms with E-state index in [0.717, 1.165) is 32.1 Å².